The number of rotatable bonds is 9. The number of hydrogen-bond donors (Lipinski definition) is 1. The molecule has 4 rings (SSSR count). The van der Waals surface area contributed by atoms with Crippen LogP contribution in [0.5, 0.6) is 0 Å². The van der Waals surface area contributed by atoms with Crippen molar-refractivity contribution in [2.45, 2.75) is 15.0 Å². The zero-order valence-corrected chi connectivity index (χ0v) is 20.1. The van der Waals surface area contributed by atoms with Gasteiger partial charge in [-0.25, -0.2) is 12.8 Å². The van der Waals surface area contributed by atoms with Crippen LogP contribution in [0.4, 0.5) is 15.2 Å². The van der Waals surface area contributed by atoms with Crippen LogP contribution in [0.25, 0.3) is 0 Å². The van der Waals surface area contributed by atoms with Crippen molar-refractivity contribution in [3.05, 3.63) is 96.3 Å². The van der Waals surface area contributed by atoms with Gasteiger partial charge in [0.05, 0.1) is 10.6 Å². The van der Waals surface area contributed by atoms with Crippen molar-refractivity contribution in [1.29, 1.82) is 0 Å². The fourth-order valence-electron chi connectivity index (χ4n) is 2.97. The average molecular weight is 515 g/mol. The third-order valence-corrected chi connectivity index (χ3v) is 8.42. The predicted molar refractivity (Wildman–Crippen MR) is 132 cm³/mol. The number of benzene rings is 3. The number of carbonyl (C=O) groups is 1. The van der Waals surface area contributed by atoms with Gasteiger partial charge in [-0.3, -0.25) is 14.4 Å². The second-order valence-corrected chi connectivity index (χ2v) is 11.1. The Morgan fingerprint density at radius 2 is 1.59 bits per heavy atom. The third kappa shape index (κ3) is 5.99. The van der Waals surface area contributed by atoms with Crippen molar-refractivity contribution in [3.63, 3.8) is 0 Å². The average Bonchev–Trinajstić information content (AvgIpc) is 3.30. The maximum absolute atomic E-state index is 13.3. The zero-order chi connectivity index (χ0) is 24.0. The van der Waals surface area contributed by atoms with Gasteiger partial charge in [0.25, 0.3) is 10.0 Å². The van der Waals surface area contributed by atoms with Crippen molar-refractivity contribution in [1.82, 2.24) is 10.2 Å². The first kappa shape index (κ1) is 23.9. The van der Waals surface area contributed by atoms with Crippen LogP contribution in [0, 0.1) is 5.82 Å². The fraction of sp³-hybridized carbons (Fsp3) is 0.0870. The molecule has 7 nitrogen and oxygen atoms in total. The Balaban J connectivity index is 1.47. The summed E-state index contributed by atoms with van der Waals surface area (Å²) in [6, 6.07) is 22.6. The number of anilines is 2. The number of nitrogens with one attached hydrogen (secondary N) is 1. The minimum atomic E-state index is -4.12. The molecule has 0 fully saturated rings. The third-order valence-electron chi connectivity index (χ3n) is 4.59. The summed E-state index contributed by atoms with van der Waals surface area (Å²) in [5.74, 6) is -0.424. The van der Waals surface area contributed by atoms with Gasteiger partial charge in [-0.15, -0.1) is 10.2 Å². The van der Waals surface area contributed by atoms with Crippen LogP contribution in [0.3, 0.4) is 0 Å². The van der Waals surface area contributed by atoms with E-state index in [-0.39, 0.29) is 10.0 Å². The molecule has 0 bridgehead atoms. The number of aromatic nitrogens is 2. The molecule has 0 atom stereocenters. The molecule has 0 aliphatic rings. The lowest BCUT2D eigenvalue weighted by molar-refractivity contribution is -0.114. The van der Waals surface area contributed by atoms with Crippen LogP contribution >= 0.6 is 23.1 Å². The van der Waals surface area contributed by atoms with E-state index >= 15 is 0 Å². The van der Waals surface area contributed by atoms with Gasteiger partial charge in [-0.2, -0.15) is 0 Å². The molecule has 0 aliphatic heterocycles. The molecule has 1 N–H and O–H groups in total. The first-order valence-electron chi connectivity index (χ1n) is 10.1. The van der Waals surface area contributed by atoms with E-state index in [4.69, 9.17) is 0 Å². The molecule has 34 heavy (non-hydrogen) atoms. The van der Waals surface area contributed by atoms with E-state index < -0.39 is 28.3 Å². The normalized spacial score (nSPS) is 11.2. The molecular weight excluding hydrogens is 495 g/mol. The molecule has 1 aromatic heterocycles. The molecule has 11 heteroatoms. The van der Waals surface area contributed by atoms with E-state index in [2.05, 4.69) is 15.5 Å². The van der Waals surface area contributed by atoms with Gasteiger partial charge in [-0.1, -0.05) is 71.6 Å². The lowest BCUT2D eigenvalue weighted by Gasteiger charge is -2.23. The van der Waals surface area contributed by atoms with Gasteiger partial charge < -0.3 is 0 Å². The van der Waals surface area contributed by atoms with Gasteiger partial charge in [0.15, 0.2) is 4.34 Å². The first-order valence-corrected chi connectivity index (χ1v) is 13.3. The highest BCUT2D eigenvalue weighted by molar-refractivity contribution is 8.00. The highest BCUT2D eigenvalue weighted by Gasteiger charge is 2.27. The summed E-state index contributed by atoms with van der Waals surface area (Å²) in [4.78, 5) is 12.6. The summed E-state index contributed by atoms with van der Waals surface area (Å²) in [5.41, 5.74) is 1.44. The number of nitrogens with zero attached hydrogens (tertiary/aromatic N) is 3. The van der Waals surface area contributed by atoms with Crippen LogP contribution in [-0.4, -0.2) is 31.1 Å². The molecule has 3 aromatic carbocycles. The van der Waals surface area contributed by atoms with E-state index in [9.17, 15) is 17.6 Å². The number of thioether (sulfide) groups is 1. The maximum Gasteiger partial charge on any atom is 0.264 e. The fourth-order valence-corrected chi connectivity index (χ4v) is 6.12. The molecule has 0 spiro atoms. The number of halogens is 1. The Morgan fingerprint density at radius 3 is 2.26 bits per heavy atom. The van der Waals surface area contributed by atoms with Crippen molar-refractivity contribution >= 4 is 49.8 Å². The maximum atomic E-state index is 13.3. The monoisotopic (exact) mass is 514 g/mol. The Bertz CT molecular complexity index is 1350. The van der Waals surface area contributed by atoms with Crippen LogP contribution < -0.4 is 9.62 Å². The number of amides is 1. The number of hydrogen-bond acceptors (Lipinski definition) is 7. The van der Waals surface area contributed by atoms with E-state index in [1.165, 1.54) is 35.2 Å². The molecule has 0 radical (unpaired) electrons. The summed E-state index contributed by atoms with van der Waals surface area (Å²) in [5, 5.41) is 11.0. The standard InChI is InChI=1S/C23H19FN4O3S3/c24-18-11-13-20(14-12-18)34(30,31)28(19-9-5-2-6-10-19)15-21(29)25-22-26-27-23(33-22)32-16-17-7-3-1-4-8-17/h1-14H,15-16H2,(H,25,26,29). The SMILES string of the molecule is O=C(CN(c1ccccc1)S(=O)(=O)c1ccc(F)cc1)Nc1nnc(SCc2ccccc2)s1. The molecule has 1 heterocycles. The number of para-hydroxylation sites is 1. The second-order valence-electron chi connectivity index (χ2n) is 7.00. The van der Waals surface area contributed by atoms with Crippen molar-refractivity contribution in [2.24, 2.45) is 0 Å². The lowest BCUT2D eigenvalue weighted by Crippen LogP contribution is -2.38. The van der Waals surface area contributed by atoms with Gasteiger partial charge in [0.2, 0.25) is 11.0 Å². The van der Waals surface area contributed by atoms with Crippen LogP contribution in [-0.2, 0) is 20.6 Å². The highest BCUT2D eigenvalue weighted by Crippen LogP contribution is 2.29. The summed E-state index contributed by atoms with van der Waals surface area (Å²) < 4.78 is 41.5. The largest absolute Gasteiger partial charge is 0.299 e. The molecule has 1 amide bonds. The number of carbonyl (C=O) groups excluding carboxylic acids is 1. The Hall–Kier alpha value is -3.28. The van der Waals surface area contributed by atoms with Crippen molar-refractivity contribution in [2.75, 3.05) is 16.2 Å². The second kappa shape index (κ2) is 10.8. The molecule has 0 unspecified atom stereocenters. The minimum Gasteiger partial charge on any atom is -0.299 e. The Labute approximate surface area is 204 Å². The topological polar surface area (TPSA) is 92.3 Å². The van der Waals surface area contributed by atoms with Crippen LogP contribution in [0.1, 0.15) is 5.56 Å². The molecule has 0 saturated heterocycles. The van der Waals surface area contributed by atoms with Crippen LogP contribution in [0.15, 0.2) is 94.2 Å². The Morgan fingerprint density at radius 1 is 0.941 bits per heavy atom. The Kier molecular flexibility index (Phi) is 7.56. The van der Waals surface area contributed by atoms with Crippen LogP contribution in [0.2, 0.25) is 0 Å². The first-order chi connectivity index (χ1) is 16.4. The van der Waals surface area contributed by atoms with Gasteiger partial charge >= 0.3 is 0 Å². The summed E-state index contributed by atoms with van der Waals surface area (Å²) in [6.07, 6.45) is 0. The van der Waals surface area contributed by atoms with Gasteiger partial charge in [0, 0.05) is 5.75 Å². The smallest absolute Gasteiger partial charge is 0.264 e. The van der Waals surface area contributed by atoms with Gasteiger partial charge in [0.1, 0.15) is 12.4 Å². The minimum absolute atomic E-state index is 0.124. The molecule has 0 aliphatic carbocycles. The molecule has 4 aromatic rings. The van der Waals surface area contributed by atoms with E-state index in [1.54, 1.807) is 30.3 Å². The quantitative estimate of drug-likeness (QED) is 0.255. The van der Waals surface area contributed by atoms with Crippen molar-refractivity contribution in [3.8, 4) is 0 Å². The number of sulfonamides is 1. The van der Waals surface area contributed by atoms with Crippen molar-refractivity contribution < 1.29 is 17.6 Å². The summed E-state index contributed by atoms with van der Waals surface area (Å²) in [7, 11) is -4.12. The van der Waals surface area contributed by atoms with Gasteiger partial charge in [-0.05, 0) is 42.0 Å². The summed E-state index contributed by atoms with van der Waals surface area (Å²) in [6.45, 7) is -0.490. The lowest BCUT2D eigenvalue weighted by atomic mass is 10.2. The predicted octanol–water partition coefficient (Wildman–Crippen LogP) is 4.80. The molecule has 174 valence electrons. The molecular formula is C23H19FN4O3S3. The van der Waals surface area contributed by atoms with E-state index in [0.717, 1.165) is 22.0 Å². The highest BCUT2D eigenvalue weighted by atomic mass is 32.2. The van der Waals surface area contributed by atoms with E-state index in [0.29, 0.717) is 15.8 Å². The zero-order valence-electron chi connectivity index (χ0n) is 17.7. The van der Waals surface area contributed by atoms with E-state index in [1.807, 2.05) is 30.3 Å². The summed E-state index contributed by atoms with van der Waals surface area (Å²) >= 11 is 2.70. The molecule has 0 saturated carbocycles.